The van der Waals surface area contributed by atoms with Crippen molar-refractivity contribution in [2.45, 2.75) is 26.3 Å². The maximum absolute atomic E-state index is 12.4. The summed E-state index contributed by atoms with van der Waals surface area (Å²) in [5.74, 6) is -0.749. The Bertz CT molecular complexity index is 516. The molecule has 1 aromatic carbocycles. The van der Waals surface area contributed by atoms with E-state index >= 15 is 0 Å². The zero-order chi connectivity index (χ0) is 16.1. The molecule has 0 spiro atoms. The van der Waals surface area contributed by atoms with Gasteiger partial charge in [0.2, 0.25) is 5.91 Å². The Morgan fingerprint density at radius 2 is 2.00 bits per heavy atom. The predicted molar refractivity (Wildman–Crippen MR) is 84.3 cm³/mol. The van der Waals surface area contributed by atoms with Gasteiger partial charge in [0.05, 0.1) is 5.92 Å². The SMILES string of the molecule is CC(C)CN1CCC(C(=O)N[C@H](C(=O)O)c2ccccc2)C1. The molecule has 120 valence electrons. The van der Waals surface area contributed by atoms with Gasteiger partial charge in [-0.25, -0.2) is 4.79 Å². The molecule has 1 saturated heterocycles. The molecule has 0 aromatic heterocycles. The van der Waals surface area contributed by atoms with Crippen molar-refractivity contribution in [1.29, 1.82) is 0 Å². The fourth-order valence-corrected chi connectivity index (χ4v) is 2.92. The first-order valence-electron chi connectivity index (χ1n) is 7.78. The molecule has 1 heterocycles. The number of nitrogens with zero attached hydrogens (tertiary/aromatic N) is 1. The van der Waals surface area contributed by atoms with Crippen LogP contribution in [0.5, 0.6) is 0 Å². The lowest BCUT2D eigenvalue weighted by atomic mass is 10.0. The number of amides is 1. The molecule has 1 amide bonds. The smallest absolute Gasteiger partial charge is 0.330 e. The first-order chi connectivity index (χ1) is 10.5. The van der Waals surface area contributed by atoms with Crippen LogP contribution in [0, 0.1) is 11.8 Å². The van der Waals surface area contributed by atoms with Gasteiger partial charge in [0.1, 0.15) is 0 Å². The highest BCUT2D eigenvalue weighted by Gasteiger charge is 2.31. The molecule has 2 rings (SSSR count). The van der Waals surface area contributed by atoms with Gasteiger partial charge in [-0.1, -0.05) is 44.2 Å². The lowest BCUT2D eigenvalue weighted by Gasteiger charge is -2.19. The number of carboxylic acids is 1. The van der Waals surface area contributed by atoms with Crippen LogP contribution in [0.25, 0.3) is 0 Å². The Morgan fingerprint density at radius 1 is 1.32 bits per heavy atom. The molecule has 5 heteroatoms. The number of carboxylic acid groups (broad SMARTS) is 1. The van der Waals surface area contributed by atoms with Crippen molar-refractivity contribution in [2.24, 2.45) is 11.8 Å². The van der Waals surface area contributed by atoms with E-state index in [2.05, 4.69) is 24.1 Å². The van der Waals surface area contributed by atoms with Crippen LogP contribution in [0.15, 0.2) is 30.3 Å². The second kappa shape index (κ2) is 7.40. The van der Waals surface area contributed by atoms with E-state index < -0.39 is 12.0 Å². The number of aliphatic carboxylic acids is 1. The summed E-state index contributed by atoms with van der Waals surface area (Å²) < 4.78 is 0. The number of hydrogen-bond donors (Lipinski definition) is 2. The van der Waals surface area contributed by atoms with Crippen LogP contribution in [-0.2, 0) is 9.59 Å². The van der Waals surface area contributed by atoms with Gasteiger partial charge in [0.15, 0.2) is 6.04 Å². The zero-order valence-corrected chi connectivity index (χ0v) is 13.2. The molecule has 1 aliphatic heterocycles. The number of benzene rings is 1. The highest BCUT2D eigenvalue weighted by atomic mass is 16.4. The van der Waals surface area contributed by atoms with Gasteiger partial charge in [0, 0.05) is 13.1 Å². The Kier molecular flexibility index (Phi) is 5.55. The Hall–Kier alpha value is -1.88. The maximum atomic E-state index is 12.4. The largest absolute Gasteiger partial charge is 0.479 e. The molecule has 2 N–H and O–H groups in total. The number of nitrogens with one attached hydrogen (secondary N) is 1. The van der Waals surface area contributed by atoms with Gasteiger partial charge in [-0.3, -0.25) is 4.79 Å². The van der Waals surface area contributed by atoms with Gasteiger partial charge in [-0.2, -0.15) is 0 Å². The maximum Gasteiger partial charge on any atom is 0.330 e. The highest BCUT2D eigenvalue weighted by Crippen LogP contribution is 2.20. The molecular weight excluding hydrogens is 280 g/mol. The van der Waals surface area contributed by atoms with Crippen molar-refractivity contribution in [1.82, 2.24) is 10.2 Å². The summed E-state index contributed by atoms with van der Waals surface area (Å²) in [5.41, 5.74) is 0.598. The molecule has 1 aliphatic rings. The first kappa shape index (κ1) is 16.5. The molecule has 22 heavy (non-hydrogen) atoms. The Morgan fingerprint density at radius 3 is 2.59 bits per heavy atom. The summed E-state index contributed by atoms with van der Waals surface area (Å²) in [6, 6.07) is 7.84. The zero-order valence-electron chi connectivity index (χ0n) is 13.2. The van der Waals surface area contributed by atoms with Gasteiger partial charge in [-0.15, -0.1) is 0 Å². The van der Waals surface area contributed by atoms with Crippen molar-refractivity contribution in [3.63, 3.8) is 0 Å². The van der Waals surface area contributed by atoms with E-state index in [0.717, 1.165) is 19.5 Å². The number of carbonyl (C=O) groups is 2. The molecule has 0 saturated carbocycles. The van der Waals surface area contributed by atoms with E-state index in [1.165, 1.54) is 0 Å². The van der Waals surface area contributed by atoms with E-state index in [4.69, 9.17) is 0 Å². The lowest BCUT2D eigenvalue weighted by Crippen LogP contribution is -2.39. The van der Waals surface area contributed by atoms with E-state index in [-0.39, 0.29) is 11.8 Å². The monoisotopic (exact) mass is 304 g/mol. The van der Waals surface area contributed by atoms with Crippen LogP contribution in [-0.4, -0.2) is 41.5 Å². The molecule has 0 radical (unpaired) electrons. The van der Waals surface area contributed by atoms with Crippen molar-refractivity contribution >= 4 is 11.9 Å². The highest BCUT2D eigenvalue weighted by molar-refractivity contribution is 5.86. The summed E-state index contributed by atoms with van der Waals surface area (Å²) in [4.78, 5) is 26.1. The van der Waals surface area contributed by atoms with E-state index in [1.807, 2.05) is 6.07 Å². The quantitative estimate of drug-likeness (QED) is 0.842. The molecule has 5 nitrogen and oxygen atoms in total. The second-order valence-electron chi connectivity index (χ2n) is 6.33. The fraction of sp³-hybridized carbons (Fsp3) is 0.529. The van der Waals surface area contributed by atoms with E-state index in [1.54, 1.807) is 24.3 Å². The average molecular weight is 304 g/mol. The molecule has 1 unspecified atom stereocenters. The van der Waals surface area contributed by atoms with Crippen LogP contribution >= 0.6 is 0 Å². The van der Waals surface area contributed by atoms with Crippen LogP contribution in [0.4, 0.5) is 0 Å². The van der Waals surface area contributed by atoms with Crippen LogP contribution in [0.3, 0.4) is 0 Å². The van der Waals surface area contributed by atoms with Gasteiger partial charge in [0.25, 0.3) is 0 Å². The Labute approximate surface area is 131 Å². The molecule has 1 fully saturated rings. The average Bonchev–Trinajstić information content (AvgIpc) is 2.93. The molecule has 1 aromatic rings. The van der Waals surface area contributed by atoms with Gasteiger partial charge < -0.3 is 15.3 Å². The molecule has 2 atom stereocenters. The van der Waals surface area contributed by atoms with E-state index in [0.29, 0.717) is 18.0 Å². The summed E-state index contributed by atoms with van der Waals surface area (Å²) in [7, 11) is 0. The van der Waals surface area contributed by atoms with Gasteiger partial charge in [-0.05, 0) is 24.4 Å². The fourth-order valence-electron chi connectivity index (χ4n) is 2.92. The molecule has 0 bridgehead atoms. The van der Waals surface area contributed by atoms with Crippen LogP contribution in [0.2, 0.25) is 0 Å². The number of carbonyl (C=O) groups excluding carboxylic acids is 1. The Balaban J connectivity index is 1.97. The normalized spacial score (nSPS) is 20.0. The molecule has 0 aliphatic carbocycles. The lowest BCUT2D eigenvalue weighted by molar-refractivity contribution is -0.142. The van der Waals surface area contributed by atoms with Crippen LogP contribution in [0.1, 0.15) is 31.9 Å². The number of likely N-dealkylation sites (tertiary alicyclic amines) is 1. The number of hydrogen-bond acceptors (Lipinski definition) is 3. The van der Waals surface area contributed by atoms with Crippen molar-refractivity contribution in [2.75, 3.05) is 19.6 Å². The summed E-state index contributed by atoms with van der Waals surface area (Å²) in [5, 5.41) is 12.0. The van der Waals surface area contributed by atoms with Crippen LogP contribution < -0.4 is 5.32 Å². The summed E-state index contributed by atoms with van der Waals surface area (Å²) in [6.45, 7) is 6.90. The third-order valence-corrected chi connectivity index (χ3v) is 3.93. The van der Waals surface area contributed by atoms with Crippen molar-refractivity contribution in [3.8, 4) is 0 Å². The van der Waals surface area contributed by atoms with Gasteiger partial charge >= 0.3 is 5.97 Å². The summed E-state index contributed by atoms with van der Waals surface area (Å²) >= 11 is 0. The van der Waals surface area contributed by atoms with E-state index in [9.17, 15) is 14.7 Å². The first-order valence-corrected chi connectivity index (χ1v) is 7.78. The third kappa shape index (κ3) is 4.31. The molecular formula is C17H24N2O3. The third-order valence-electron chi connectivity index (χ3n) is 3.93. The minimum Gasteiger partial charge on any atom is -0.479 e. The minimum atomic E-state index is -1.03. The topological polar surface area (TPSA) is 69.6 Å². The number of rotatable bonds is 6. The second-order valence-corrected chi connectivity index (χ2v) is 6.33. The summed E-state index contributed by atoms with van der Waals surface area (Å²) in [6.07, 6.45) is 0.791. The van der Waals surface area contributed by atoms with Crippen molar-refractivity contribution < 1.29 is 14.7 Å². The van der Waals surface area contributed by atoms with Crippen molar-refractivity contribution in [3.05, 3.63) is 35.9 Å². The minimum absolute atomic E-state index is 0.121. The standard InChI is InChI=1S/C17H24N2O3/c1-12(2)10-19-9-8-14(11-19)16(20)18-15(17(21)22)13-6-4-3-5-7-13/h3-7,12,14-15H,8-11H2,1-2H3,(H,18,20)(H,21,22)/t14?,15-/m0/s1. The predicted octanol–water partition coefficient (Wildman–Crippen LogP) is 1.91.